The largest absolute Gasteiger partial charge is 0.464 e. The molecule has 6 rings (SSSR count). The summed E-state index contributed by atoms with van der Waals surface area (Å²) in [6, 6.07) is 8.58. The van der Waals surface area contributed by atoms with Crippen LogP contribution in [0.2, 0.25) is 0 Å². The second kappa shape index (κ2) is 12.9. The number of carbonyl (C=O) groups is 1. The summed E-state index contributed by atoms with van der Waals surface area (Å²) in [6.07, 6.45) is 3.87. The summed E-state index contributed by atoms with van der Waals surface area (Å²) >= 11 is 0. The Morgan fingerprint density at radius 2 is 1.86 bits per heavy atom. The number of carbonyl (C=O) groups excluding carboxylic acids is 1. The predicted molar refractivity (Wildman–Crippen MR) is 166 cm³/mol. The standard InChI is InChI=1S/C34H48N4O5/c1-8-41-32(39)30(43-33(4,5)6)29-24(3)35-28-20-27-22-40-21-26-13-12-23(2)19-25(26)11-9-10-18-42-34(7)14-16-37(17-15-34)31(29)38(28)36-27/h12-13,19-20,30H,8-11,14-18,21-22H2,1-7H3/t30-/m0/s1. The Bertz CT molecular complexity index is 1430. The van der Waals surface area contributed by atoms with Crippen LogP contribution in [0.25, 0.3) is 5.65 Å². The van der Waals surface area contributed by atoms with Crippen molar-refractivity contribution in [3.05, 3.63) is 57.9 Å². The maximum Gasteiger partial charge on any atom is 0.340 e. The van der Waals surface area contributed by atoms with Gasteiger partial charge in [0.25, 0.3) is 0 Å². The first-order valence-electron chi connectivity index (χ1n) is 15.7. The van der Waals surface area contributed by atoms with E-state index < -0.39 is 17.7 Å². The minimum Gasteiger partial charge on any atom is -0.464 e. The molecule has 234 valence electrons. The molecule has 1 aromatic carbocycles. The third-order valence-electron chi connectivity index (χ3n) is 8.37. The number of anilines is 1. The van der Waals surface area contributed by atoms with Crippen LogP contribution in [-0.2, 0) is 43.4 Å². The molecule has 1 atom stereocenters. The van der Waals surface area contributed by atoms with Gasteiger partial charge in [-0.3, -0.25) is 0 Å². The molecule has 9 nitrogen and oxygen atoms in total. The minimum absolute atomic E-state index is 0.205. The first-order valence-corrected chi connectivity index (χ1v) is 15.7. The van der Waals surface area contributed by atoms with Gasteiger partial charge in [0.05, 0.1) is 42.3 Å². The zero-order valence-electron chi connectivity index (χ0n) is 27.0. The Hall–Kier alpha value is -3.01. The molecule has 43 heavy (non-hydrogen) atoms. The van der Waals surface area contributed by atoms with E-state index in [1.54, 1.807) is 0 Å². The van der Waals surface area contributed by atoms with Crippen molar-refractivity contribution in [2.75, 3.05) is 31.2 Å². The number of hydrogen-bond donors (Lipinski definition) is 0. The molecule has 4 bridgehead atoms. The lowest BCUT2D eigenvalue weighted by atomic mass is 9.92. The summed E-state index contributed by atoms with van der Waals surface area (Å²) in [5.41, 5.74) is 5.93. The fourth-order valence-electron chi connectivity index (χ4n) is 6.11. The lowest BCUT2D eigenvalue weighted by molar-refractivity contribution is -0.166. The number of ether oxygens (including phenoxy) is 4. The van der Waals surface area contributed by atoms with E-state index in [1.807, 2.05) is 45.2 Å². The van der Waals surface area contributed by atoms with Gasteiger partial charge in [-0.25, -0.2) is 9.78 Å². The van der Waals surface area contributed by atoms with Gasteiger partial charge < -0.3 is 23.8 Å². The molecule has 9 heteroatoms. The highest BCUT2D eigenvalue weighted by atomic mass is 16.6. The molecule has 0 amide bonds. The van der Waals surface area contributed by atoms with Crippen molar-refractivity contribution in [1.82, 2.24) is 14.6 Å². The number of rotatable bonds is 4. The van der Waals surface area contributed by atoms with E-state index in [4.69, 9.17) is 29.0 Å². The molecule has 3 aliphatic heterocycles. The zero-order chi connectivity index (χ0) is 30.8. The molecule has 1 saturated heterocycles. The molecule has 0 N–H and O–H groups in total. The first-order chi connectivity index (χ1) is 20.5. The van der Waals surface area contributed by atoms with Crippen molar-refractivity contribution >= 4 is 17.4 Å². The Morgan fingerprint density at radius 1 is 1.09 bits per heavy atom. The molecule has 0 unspecified atom stereocenters. The highest BCUT2D eigenvalue weighted by molar-refractivity contribution is 5.80. The number of esters is 1. The molecule has 5 heterocycles. The molecule has 1 fully saturated rings. The number of fused-ring (bicyclic) bond motifs is 8. The number of nitrogens with zero attached hydrogens (tertiary/aromatic N) is 4. The Balaban J connectivity index is 1.59. The average molecular weight is 593 g/mol. The molecule has 2 aromatic heterocycles. The number of piperidine rings is 1. The monoisotopic (exact) mass is 592 g/mol. The highest BCUT2D eigenvalue weighted by Crippen LogP contribution is 2.38. The zero-order valence-corrected chi connectivity index (χ0v) is 27.0. The fourth-order valence-corrected chi connectivity index (χ4v) is 6.11. The van der Waals surface area contributed by atoms with Gasteiger partial charge in [-0.2, -0.15) is 9.61 Å². The van der Waals surface area contributed by atoms with Crippen molar-refractivity contribution in [1.29, 1.82) is 0 Å². The van der Waals surface area contributed by atoms with Gasteiger partial charge in [0, 0.05) is 31.5 Å². The molecule has 0 spiro atoms. The first kappa shape index (κ1) is 31.4. The van der Waals surface area contributed by atoms with Crippen LogP contribution in [0.1, 0.15) is 100 Å². The van der Waals surface area contributed by atoms with Crippen molar-refractivity contribution < 1.29 is 23.7 Å². The van der Waals surface area contributed by atoms with Gasteiger partial charge >= 0.3 is 5.97 Å². The van der Waals surface area contributed by atoms with E-state index in [1.165, 1.54) is 16.7 Å². The Morgan fingerprint density at radius 3 is 2.58 bits per heavy atom. The van der Waals surface area contributed by atoms with E-state index >= 15 is 0 Å². The number of hydrogen-bond acceptors (Lipinski definition) is 8. The third-order valence-corrected chi connectivity index (χ3v) is 8.37. The summed E-state index contributed by atoms with van der Waals surface area (Å²) < 4.78 is 26.6. The van der Waals surface area contributed by atoms with E-state index in [0.717, 1.165) is 69.0 Å². The second-order valence-electron chi connectivity index (χ2n) is 13.2. The summed E-state index contributed by atoms with van der Waals surface area (Å²) in [7, 11) is 0. The van der Waals surface area contributed by atoms with Crippen LogP contribution in [0.15, 0.2) is 24.3 Å². The maximum atomic E-state index is 13.4. The van der Waals surface area contributed by atoms with E-state index in [0.29, 0.717) is 24.4 Å². The quantitative estimate of drug-likeness (QED) is 0.331. The Labute approximate surface area is 255 Å². The lowest BCUT2D eigenvalue weighted by Crippen LogP contribution is -2.46. The third kappa shape index (κ3) is 7.39. The molecule has 0 aliphatic carbocycles. The van der Waals surface area contributed by atoms with Crippen molar-refractivity contribution in [3.8, 4) is 0 Å². The van der Waals surface area contributed by atoms with Crippen molar-refractivity contribution in [2.45, 2.75) is 111 Å². The molecular weight excluding hydrogens is 544 g/mol. The molecule has 3 aromatic rings. The molecule has 0 radical (unpaired) electrons. The van der Waals surface area contributed by atoms with Gasteiger partial charge in [0.15, 0.2) is 11.8 Å². The summed E-state index contributed by atoms with van der Waals surface area (Å²) in [5.74, 6) is 0.396. The highest BCUT2D eigenvalue weighted by Gasteiger charge is 2.38. The average Bonchev–Trinajstić information content (AvgIpc) is 3.34. The minimum atomic E-state index is -0.946. The van der Waals surface area contributed by atoms with Gasteiger partial charge in [-0.05, 0) is 91.7 Å². The van der Waals surface area contributed by atoms with Crippen LogP contribution in [-0.4, -0.2) is 58.1 Å². The van der Waals surface area contributed by atoms with Crippen LogP contribution in [0, 0.1) is 13.8 Å². The van der Waals surface area contributed by atoms with Crippen LogP contribution in [0.5, 0.6) is 0 Å². The van der Waals surface area contributed by atoms with Crippen molar-refractivity contribution in [2.24, 2.45) is 0 Å². The summed E-state index contributed by atoms with van der Waals surface area (Å²) in [6.45, 7) is 17.3. The number of benzene rings is 1. The number of aryl methyl sites for hydroxylation is 3. The SMILES string of the molecule is CCOC(=O)[C@@H](OC(C)(C)C)c1c(C)nc2cc3nn2c1N1CCC(C)(CC1)OCCCCc1cc(C)ccc1COC3. The molecule has 3 aliphatic rings. The smallest absolute Gasteiger partial charge is 0.340 e. The second-order valence-corrected chi connectivity index (χ2v) is 13.2. The van der Waals surface area contributed by atoms with Crippen LogP contribution in [0.3, 0.4) is 0 Å². The van der Waals surface area contributed by atoms with E-state index in [2.05, 4.69) is 36.9 Å². The Kier molecular flexibility index (Phi) is 9.44. The summed E-state index contributed by atoms with van der Waals surface area (Å²) in [4.78, 5) is 20.7. The van der Waals surface area contributed by atoms with Gasteiger partial charge in [-0.1, -0.05) is 23.8 Å². The van der Waals surface area contributed by atoms with E-state index in [-0.39, 0.29) is 12.2 Å². The molecular formula is C34H48N4O5. The van der Waals surface area contributed by atoms with Crippen LogP contribution in [0.4, 0.5) is 5.82 Å². The van der Waals surface area contributed by atoms with Gasteiger partial charge in [0.2, 0.25) is 0 Å². The van der Waals surface area contributed by atoms with Crippen LogP contribution < -0.4 is 4.90 Å². The topological polar surface area (TPSA) is 87.4 Å². The van der Waals surface area contributed by atoms with Gasteiger partial charge in [-0.15, -0.1) is 0 Å². The summed E-state index contributed by atoms with van der Waals surface area (Å²) in [5, 5.41) is 4.99. The predicted octanol–water partition coefficient (Wildman–Crippen LogP) is 6.19. The van der Waals surface area contributed by atoms with Crippen LogP contribution >= 0.6 is 0 Å². The van der Waals surface area contributed by atoms with Crippen molar-refractivity contribution in [3.63, 3.8) is 0 Å². The maximum absolute atomic E-state index is 13.4. The van der Waals surface area contributed by atoms with E-state index in [9.17, 15) is 4.79 Å². The van der Waals surface area contributed by atoms with Gasteiger partial charge in [0.1, 0.15) is 5.82 Å². The normalized spacial score (nSPS) is 18.7. The molecule has 0 saturated carbocycles. The lowest BCUT2D eigenvalue weighted by Gasteiger charge is -2.41. The fraction of sp³-hybridized carbons (Fsp3) is 0.618. The number of aromatic nitrogens is 3.